The van der Waals surface area contributed by atoms with Gasteiger partial charge in [-0.05, 0) is 18.2 Å². The largest absolute Gasteiger partial charge is 0.482 e. The zero-order valence-electron chi connectivity index (χ0n) is 7.17. The lowest BCUT2D eigenvalue weighted by atomic mass is 9.81. The summed E-state index contributed by atoms with van der Waals surface area (Å²) >= 11 is 3.97. The molecule has 0 fully saturated rings. The Kier molecular flexibility index (Phi) is 3.17. The van der Waals surface area contributed by atoms with Crippen molar-refractivity contribution in [3.8, 4) is 12.3 Å². The van der Waals surface area contributed by atoms with E-state index >= 15 is 0 Å². The maximum absolute atomic E-state index is 12.1. The molecule has 0 amide bonds. The second kappa shape index (κ2) is 4.01. The topological polar surface area (TPSA) is 0 Å². The van der Waals surface area contributed by atoms with Crippen LogP contribution in [0, 0.1) is 12.3 Å². The summed E-state index contributed by atoms with van der Waals surface area (Å²) in [6.45, 7) is -4.82. The highest BCUT2D eigenvalue weighted by Gasteiger charge is 2.23. The lowest BCUT2D eigenvalue weighted by Crippen LogP contribution is -2.19. The lowest BCUT2D eigenvalue weighted by Gasteiger charge is -2.13. The average molecular weight is 215 g/mol. The average Bonchev–Trinajstić information content (AvgIpc) is 1.99. The van der Waals surface area contributed by atoms with Crippen molar-refractivity contribution >= 4 is 19.6 Å². The predicted octanol–water partition coefficient (Wildman–Crippen LogP) is 2.89. The Morgan fingerprint density at radius 3 is 2.43 bits per heavy atom. The Hall–Kier alpha value is -1.02. The smallest absolute Gasteiger partial charge is 0.449 e. The van der Waals surface area contributed by atoms with Gasteiger partial charge in [0.25, 0.3) is 0 Å². The molecular weight excluding hydrogens is 208 g/mol. The zero-order valence-corrected chi connectivity index (χ0v) is 8.07. The minimum absolute atomic E-state index is 0.165. The normalized spacial score (nSPS) is 11.1. The summed E-state index contributed by atoms with van der Waals surface area (Å²) in [5, 5.41) is 0. The molecule has 0 radical (unpaired) electrons. The third-order valence-corrected chi connectivity index (χ3v) is 1.87. The van der Waals surface area contributed by atoms with Gasteiger partial charge in [-0.2, -0.15) is 0 Å². The fourth-order valence-corrected chi connectivity index (χ4v) is 1.45. The van der Waals surface area contributed by atoms with Gasteiger partial charge in [0.15, 0.2) is 0 Å². The Balaban J connectivity index is 3.00. The van der Waals surface area contributed by atoms with Crippen molar-refractivity contribution in [2.24, 2.45) is 0 Å². The molecule has 0 aromatic heterocycles. The molecule has 1 rings (SSSR count). The van der Waals surface area contributed by atoms with E-state index in [0.29, 0.717) is 10.5 Å². The quantitative estimate of drug-likeness (QED) is 0.437. The lowest BCUT2D eigenvalue weighted by molar-refractivity contribution is 0.468. The number of terminal acetylenes is 1. The Morgan fingerprint density at radius 2 is 1.93 bits per heavy atom. The van der Waals surface area contributed by atoms with Crippen molar-refractivity contribution in [2.45, 2.75) is 11.2 Å². The van der Waals surface area contributed by atoms with Gasteiger partial charge in [-0.25, -0.2) is 0 Å². The summed E-state index contributed by atoms with van der Waals surface area (Å²) in [7, 11) is 0. The van der Waals surface area contributed by atoms with Gasteiger partial charge in [-0.3, -0.25) is 0 Å². The van der Waals surface area contributed by atoms with Crippen LogP contribution >= 0.6 is 12.6 Å². The summed E-state index contributed by atoms with van der Waals surface area (Å²) in [5.41, 5.74) is 0.588. The zero-order chi connectivity index (χ0) is 10.8. The van der Waals surface area contributed by atoms with Crippen LogP contribution in [0.4, 0.5) is 12.9 Å². The molecule has 0 saturated carbocycles. The Bertz CT molecular complexity index is 379. The first kappa shape index (κ1) is 11.1. The highest BCUT2D eigenvalue weighted by molar-refractivity contribution is 7.80. The second-order valence-corrected chi connectivity index (χ2v) is 3.46. The van der Waals surface area contributed by atoms with Crippen LogP contribution in [0.1, 0.15) is 11.1 Å². The van der Waals surface area contributed by atoms with Crippen molar-refractivity contribution in [1.29, 1.82) is 0 Å². The van der Waals surface area contributed by atoms with E-state index in [9.17, 15) is 12.9 Å². The number of hydrogen-bond donors (Lipinski definition) is 1. The first-order valence-corrected chi connectivity index (χ1v) is 4.36. The summed E-state index contributed by atoms with van der Waals surface area (Å²) < 4.78 is 36.3. The fraction of sp³-hybridized carbons (Fsp3) is 0.111. The minimum atomic E-state index is -4.82. The molecule has 0 bridgehead atoms. The van der Waals surface area contributed by atoms with Crippen LogP contribution in [0.25, 0.3) is 0 Å². The first-order chi connectivity index (χ1) is 6.40. The van der Waals surface area contributed by atoms with Crippen LogP contribution in [-0.4, -0.2) is 6.98 Å². The van der Waals surface area contributed by atoms with Crippen LogP contribution < -0.4 is 0 Å². The highest BCUT2D eigenvalue weighted by atomic mass is 32.1. The maximum atomic E-state index is 12.1. The first-order valence-electron chi connectivity index (χ1n) is 3.91. The maximum Gasteiger partial charge on any atom is 0.482 e. The SMILES string of the molecule is C#Cc1cc(S)cc(C[B-](F)(F)F)c1. The molecule has 1 aromatic carbocycles. The summed E-state index contributed by atoms with van der Waals surface area (Å²) in [4.78, 5) is 0.454. The van der Waals surface area contributed by atoms with Gasteiger partial charge in [0.05, 0.1) is 0 Å². The fourth-order valence-electron chi connectivity index (χ4n) is 1.14. The van der Waals surface area contributed by atoms with Crippen molar-refractivity contribution in [1.82, 2.24) is 0 Å². The monoisotopic (exact) mass is 215 g/mol. The highest BCUT2D eigenvalue weighted by Crippen LogP contribution is 2.20. The molecule has 0 atom stereocenters. The van der Waals surface area contributed by atoms with E-state index in [1.54, 1.807) is 6.07 Å². The molecule has 5 heteroatoms. The molecular formula is C9H7BF3S-. The Morgan fingerprint density at radius 1 is 1.29 bits per heavy atom. The summed E-state index contributed by atoms with van der Waals surface area (Å²) in [6, 6.07) is 4.28. The van der Waals surface area contributed by atoms with E-state index in [-0.39, 0.29) is 5.56 Å². The second-order valence-electron chi connectivity index (χ2n) is 2.95. The molecule has 0 spiro atoms. The minimum Gasteiger partial charge on any atom is -0.449 e. The molecule has 14 heavy (non-hydrogen) atoms. The van der Waals surface area contributed by atoms with E-state index in [4.69, 9.17) is 6.42 Å². The van der Waals surface area contributed by atoms with Crippen LogP contribution in [-0.2, 0) is 6.32 Å². The number of rotatable bonds is 2. The predicted molar refractivity (Wildman–Crippen MR) is 54.4 cm³/mol. The van der Waals surface area contributed by atoms with E-state index in [2.05, 4.69) is 18.5 Å². The summed E-state index contributed by atoms with van der Waals surface area (Å²) in [6.07, 6.45) is 4.18. The number of thiol groups is 1. The van der Waals surface area contributed by atoms with Crippen molar-refractivity contribution in [3.05, 3.63) is 29.3 Å². The van der Waals surface area contributed by atoms with Crippen molar-refractivity contribution in [3.63, 3.8) is 0 Å². The summed E-state index contributed by atoms with van der Waals surface area (Å²) in [5.74, 6) is 2.28. The van der Waals surface area contributed by atoms with Gasteiger partial charge in [0.2, 0.25) is 0 Å². The molecule has 0 unspecified atom stereocenters. The molecule has 0 N–H and O–H groups in total. The molecule has 0 aliphatic heterocycles. The van der Waals surface area contributed by atoms with Gasteiger partial charge in [-0.15, -0.1) is 19.1 Å². The third-order valence-electron chi connectivity index (χ3n) is 1.61. The van der Waals surface area contributed by atoms with E-state index in [1.807, 2.05) is 0 Å². The van der Waals surface area contributed by atoms with E-state index in [1.165, 1.54) is 12.1 Å². The van der Waals surface area contributed by atoms with Gasteiger partial charge < -0.3 is 12.9 Å². The molecule has 0 aliphatic carbocycles. The molecule has 1 aromatic rings. The van der Waals surface area contributed by atoms with Crippen LogP contribution in [0.5, 0.6) is 0 Å². The van der Waals surface area contributed by atoms with Crippen molar-refractivity contribution in [2.75, 3.05) is 0 Å². The van der Waals surface area contributed by atoms with Gasteiger partial charge >= 0.3 is 6.98 Å². The van der Waals surface area contributed by atoms with Crippen LogP contribution in [0.2, 0.25) is 0 Å². The van der Waals surface area contributed by atoms with Crippen LogP contribution in [0.15, 0.2) is 23.1 Å². The molecule has 0 aliphatic rings. The number of halogens is 3. The number of benzene rings is 1. The Labute approximate surface area is 86.0 Å². The van der Waals surface area contributed by atoms with Crippen LogP contribution in [0.3, 0.4) is 0 Å². The van der Waals surface area contributed by atoms with Gasteiger partial charge in [0.1, 0.15) is 0 Å². The molecule has 74 valence electrons. The third kappa shape index (κ3) is 3.39. The molecule has 0 nitrogen and oxygen atoms in total. The van der Waals surface area contributed by atoms with Crippen molar-refractivity contribution < 1.29 is 12.9 Å². The van der Waals surface area contributed by atoms with E-state index in [0.717, 1.165) is 0 Å². The standard InChI is InChI=1S/C9H7BF3S/c1-2-7-3-8(5-9(14)4-7)6-10(11,12)13/h1,3-5,14H,6H2/q-1. The number of hydrogen-bond acceptors (Lipinski definition) is 1. The van der Waals surface area contributed by atoms with E-state index < -0.39 is 13.3 Å². The molecule has 0 saturated heterocycles. The molecule has 0 heterocycles. The van der Waals surface area contributed by atoms with Gasteiger partial charge in [0, 0.05) is 10.5 Å². The van der Waals surface area contributed by atoms with Gasteiger partial charge in [-0.1, -0.05) is 17.8 Å².